The molecule has 0 aliphatic heterocycles. The van der Waals surface area contributed by atoms with Crippen molar-refractivity contribution >= 4 is 45.7 Å². The predicted octanol–water partition coefficient (Wildman–Crippen LogP) is 6.08. The molecule has 0 saturated carbocycles. The first-order valence-corrected chi connectivity index (χ1v) is 11.6. The van der Waals surface area contributed by atoms with Crippen molar-refractivity contribution in [3.05, 3.63) is 83.6 Å². The average Bonchev–Trinajstić information content (AvgIpc) is 3.45. The van der Waals surface area contributed by atoms with Gasteiger partial charge in [0.1, 0.15) is 0 Å². The molecule has 2 amide bonds. The Labute approximate surface area is 194 Å². The third kappa shape index (κ3) is 5.27. The molecule has 162 valence electrons. The standard InChI is InChI=1S/C24H21N3O3S2/c1-15-21(17-8-4-3-5-9-17)26-24(32-15)27-22(28)16(2)31-19-11-6-10-18(14-19)25-23(29)20-12-7-13-30-20/h3-14,16H,1-2H3,(H,25,29)(H,26,27,28). The van der Waals surface area contributed by atoms with Crippen molar-refractivity contribution in [1.82, 2.24) is 4.98 Å². The Morgan fingerprint density at radius 1 is 1.03 bits per heavy atom. The molecule has 2 aromatic carbocycles. The highest BCUT2D eigenvalue weighted by molar-refractivity contribution is 8.00. The van der Waals surface area contributed by atoms with Crippen LogP contribution in [-0.4, -0.2) is 22.0 Å². The van der Waals surface area contributed by atoms with Crippen LogP contribution in [0.15, 0.2) is 82.3 Å². The summed E-state index contributed by atoms with van der Waals surface area (Å²) in [5, 5.41) is 5.95. The number of nitrogens with zero attached hydrogens (tertiary/aromatic N) is 1. The molecule has 2 aromatic heterocycles. The fourth-order valence-corrected chi connectivity index (χ4v) is 4.79. The molecule has 0 bridgehead atoms. The minimum absolute atomic E-state index is 0.131. The first kappa shape index (κ1) is 21.9. The van der Waals surface area contributed by atoms with Crippen molar-refractivity contribution in [1.29, 1.82) is 0 Å². The molecule has 0 fully saturated rings. The molecule has 0 radical (unpaired) electrons. The van der Waals surface area contributed by atoms with Crippen LogP contribution in [0.3, 0.4) is 0 Å². The van der Waals surface area contributed by atoms with Crippen LogP contribution in [0.1, 0.15) is 22.4 Å². The van der Waals surface area contributed by atoms with Crippen LogP contribution in [-0.2, 0) is 4.79 Å². The summed E-state index contributed by atoms with van der Waals surface area (Å²) in [5.41, 5.74) is 2.54. The van der Waals surface area contributed by atoms with E-state index in [9.17, 15) is 9.59 Å². The molecule has 0 aliphatic rings. The SMILES string of the molecule is Cc1sc(NC(=O)C(C)Sc2cccc(NC(=O)c3ccco3)c2)nc1-c1ccccc1. The van der Waals surface area contributed by atoms with Crippen LogP contribution in [0, 0.1) is 6.92 Å². The van der Waals surface area contributed by atoms with Crippen molar-refractivity contribution in [3.8, 4) is 11.3 Å². The summed E-state index contributed by atoms with van der Waals surface area (Å²) in [5.74, 6) is -0.214. The Bertz CT molecular complexity index is 1220. The Kier molecular flexibility index (Phi) is 6.72. The number of aryl methyl sites for hydroxylation is 1. The van der Waals surface area contributed by atoms with Gasteiger partial charge in [-0.2, -0.15) is 0 Å². The van der Waals surface area contributed by atoms with E-state index in [2.05, 4.69) is 15.6 Å². The van der Waals surface area contributed by atoms with E-state index in [-0.39, 0.29) is 22.8 Å². The molecule has 4 rings (SSSR count). The van der Waals surface area contributed by atoms with E-state index in [1.54, 1.807) is 18.2 Å². The van der Waals surface area contributed by atoms with Crippen LogP contribution in [0.5, 0.6) is 0 Å². The number of carbonyl (C=O) groups is 2. The summed E-state index contributed by atoms with van der Waals surface area (Å²) >= 11 is 2.87. The molecule has 0 aliphatic carbocycles. The van der Waals surface area contributed by atoms with Crippen LogP contribution in [0.25, 0.3) is 11.3 Å². The highest BCUT2D eigenvalue weighted by Crippen LogP contribution is 2.31. The number of amides is 2. The number of hydrogen-bond acceptors (Lipinski definition) is 6. The molecule has 8 heteroatoms. The first-order valence-electron chi connectivity index (χ1n) is 9.95. The summed E-state index contributed by atoms with van der Waals surface area (Å²) in [4.78, 5) is 31.4. The number of thioether (sulfide) groups is 1. The number of rotatable bonds is 7. The number of carbonyl (C=O) groups excluding carboxylic acids is 2. The summed E-state index contributed by atoms with van der Waals surface area (Å²) < 4.78 is 5.11. The molecule has 0 saturated heterocycles. The smallest absolute Gasteiger partial charge is 0.291 e. The number of nitrogens with one attached hydrogen (secondary N) is 2. The second-order valence-corrected chi connectivity index (χ2v) is 9.62. The van der Waals surface area contributed by atoms with Gasteiger partial charge >= 0.3 is 0 Å². The minimum Gasteiger partial charge on any atom is -0.459 e. The fourth-order valence-electron chi connectivity index (χ4n) is 3.03. The van der Waals surface area contributed by atoms with Crippen molar-refractivity contribution in [3.63, 3.8) is 0 Å². The molecular weight excluding hydrogens is 442 g/mol. The maximum atomic E-state index is 12.7. The lowest BCUT2D eigenvalue weighted by atomic mass is 10.1. The zero-order valence-corrected chi connectivity index (χ0v) is 19.1. The van der Waals surface area contributed by atoms with E-state index >= 15 is 0 Å². The van der Waals surface area contributed by atoms with Crippen LogP contribution < -0.4 is 10.6 Å². The van der Waals surface area contributed by atoms with Crippen LogP contribution >= 0.6 is 23.1 Å². The van der Waals surface area contributed by atoms with E-state index in [0.29, 0.717) is 10.8 Å². The van der Waals surface area contributed by atoms with Gasteiger partial charge in [0.05, 0.1) is 17.2 Å². The predicted molar refractivity (Wildman–Crippen MR) is 129 cm³/mol. The highest BCUT2D eigenvalue weighted by Gasteiger charge is 2.18. The quantitative estimate of drug-likeness (QED) is 0.324. The minimum atomic E-state index is -0.351. The molecule has 2 N–H and O–H groups in total. The third-order valence-electron chi connectivity index (χ3n) is 4.59. The van der Waals surface area contributed by atoms with Gasteiger partial charge in [0.25, 0.3) is 5.91 Å². The Morgan fingerprint density at radius 2 is 1.84 bits per heavy atom. The first-order chi connectivity index (χ1) is 15.5. The van der Waals surface area contributed by atoms with E-state index in [4.69, 9.17) is 4.42 Å². The highest BCUT2D eigenvalue weighted by atomic mass is 32.2. The largest absolute Gasteiger partial charge is 0.459 e. The second kappa shape index (κ2) is 9.84. The van der Waals surface area contributed by atoms with E-state index in [1.807, 2.05) is 62.4 Å². The Morgan fingerprint density at radius 3 is 2.59 bits per heavy atom. The van der Waals surface area contributed by atoms with Gasteiger partial charge in [-0.15, -0.1) is 23.1 Å². The number of anilines is 2. The van der Waals surface area contributed by atoms with Gasteiger partial charge in [-0.1, -0.05) is 36.4 Å². The Hall–Kier alpha value is -3.36. The van der Waals surface area contributed by atoms with E-state index in [1.165, 1.54) is 29.4 Å². The zero-order chi connectivity index (χ0) is 22.5. The van der Waals surface area contributed by atoms with Crippen molar-refractivity contribution in [2.75, 3.05) is 10.6 Å². The lowest BCUT2D eigenvalue weighted by Crippen LogP contribution is -2.22. The maximum Gasteiger partial charge on any atom is 0.291 e. The monoisotopic (exact) mass is 463 g/mol. The maximum absolute atomic E-state index is 12.7. The molecule has 0 spiro atoms. The lowest BCUT2D eigenvalue weighted by molar-refractivity contribution is -0.115. The summed E-state index contributed by atoms with van der Waals surface area (Å²) in [6.45, 7) is 3.84. The van der Waals surface area contributed by atoms with Crippen molar-refractivity contribution < 1.29 is 14.0 Å². The molecule has 6 nitrogen and oxygen atoms in total. The van der Waals surface area contributed by atoms with Gasteiger partial charge in [0.2, 0.25) is 5.91 Å². The normalized spacial score (nSPS) is 11.7. The summed E-state index contributed by atoms with van der Waals surface area (Å²) in [6, 6.07) is 20.5. The van der Waals surface area contributed by atoms with Crippen molar-refractivity contribution in [2.45, 2.75) is 24.0 Å². The van der Waals surface area contributed by atoms with E-state index in [0.717, 1.165) is 21.0 Å². The molecule has 2 heterocycles. The number of thiazole rings is 1. The fraction of sp³-hybridized carbons (Fsp3) is 0.125. The number of furan rings is 1. The third-order valence-corrected chi connectivity index (χ3v) is 6.57. The van der Waals surface area contributed by atoms with E-state index < -0.39 is 0 Å². The lowest BCUT2D eigenvalue weighted by Gasteiger charge is -2.11. The van der Waals surface area contributed by atoms with Gasteiger partial charge in [-0.25, -0.2) is 4.98 Å². The molecule has 4 aromatic rings. The number of benzene rings is 2. The molecular formula is C24H21N3O3S2. The van der Waals surface area contributed by atoms with Crippen LogP contribution in [0.4, 0.5) is 10.8 Å². The molecule has 1 unspecified atom stereocenters. The van der Waals surface area contributed by atoms with Gasteiger partial charge in [0, 0.05) is 21.0 Å². The average molecular weight is 464 g/mol. The summed E-state index contributed by atoms with van der Waals surface area (Å²) in [6.07, 6.45) is 1.45. The molecule has 32 heavy (non-hydrogen) atoms. The Balaban J connectivity index is 1.38. The van der Waals surface area contributed by atoms with Gasteiger partial charge in [-0.05, 0) is 44.2 Å². The van der Waals surface area contributed by atoms with Gasteiger partial charge in [-0.3, -0.25) is 9.59 Å². The topological polar surface area (TPSA) is 84.2 Å². The number of aromatic nitrogens is 1. The van der Waals surface area contributed by atoms with Crippen molar-refractivity contribution in [2.24, 2.45) is 0 Å². The zero-order valence-electron chi connectivity index (χ0n) is 17.5. The number of hydrogen-bond donors (Lipinski definition) is 2. The van der Waals surface area contributed by atoms with Gasteiger partial charge < -0.3 is 15.1 Å². The molecule has 1 atom stereocenters. The van der Waals surface area contributed by atoms with Gasteiger partial charge in [0.15, 0.2) is 10.9 Å². The summed E-state index contributed by atoms with van der Waals surface area (Å²) in [7, 11) is 0. The van der Waals surface area contributed by atoms with Crippen LogP contribution in [0.2, 0.25) is 0 Å². The second-order valence-electron chi connectivity index (χ2n) is 7.00.